The van der Waals surface area contributed by atoms with Crippen LogP contribution in [0.3, 0.4) is 0 Å². The van der Waals surface area contributed by atoms with Crippen LogP contribution in [0.15, 0.2) is 6.07 Å². The lowest BCUT2D eigenvalue weighted by atomic mass is 10.2. The van der Waals surface area contributed by atoms with E-state index in [1.54, 1.807) is 15.6 Å². The average molecular weight is 330 g/mol. The van der Waals surface area contributed by atoms with Crippen molar-refractivity contribution in [3.05, 3.63) is 17.5 Å². The lowest BCUT2D eigenvalue weighted by Crippen LogP contribution is -2.39. The molecule has 2 rings (SSSR count). The molecular weight excluding hydrogens is 312 g/mol. The predicted molar refractivity (Wildman–Crippen MR) is 76.4 cm³/mol. The summed E-state index contributed by atoms with van der Waals surface area (Å²) in [6, 6.07) is 1.60. The Kier molecular flexibility index (Phi) is 4.81. The van der Waals surface area contributed by atoms with Crippen molar-refractivity contribution >= 4 is 21.9 Å². The summed E-state index contributed by atoms with van der Waals surface area (Å²) in [6.45, 7) is 1.35. The molecule has 122 valence electrons. The first kappa shape index (κ1) is 16.4. The summed E-state index contributed by atoms with van der Waals surface area (Å²) in [5.74, 6) is -0.666. The fourth-order valence-electron chi connectivity index (χ4n) is 2.19. The first-order chi connectivity index (χ1) is 10.3. The maximum absolute atomic E-state index is 12.1. The Morgan fingerprint density at radius 3 is 2.77 bits per heavy atom. The molecule has 9 nitrogen and oxygen atoms in total. The molecule has 0 spiro atoms. The normalized spacial score (nSPS) is 14.5. The van der Waals surface area contributed by atoms with Crippen LogP contribution >= 0.6 is 0 Å². The number of hydrogen-bond donors (Lipinski definition) is 1. The van der Waals surface area contributed by atoms with Crippen molar-refractivity contribution in [3.63, 3.8) is 0 Å². The standard InChI is InChI=1S/C12H18N4O5S/c1-21-12(18)10-7-9-8-15(5-6-16(9)14-10)11(17)3-4-13-22(2,19)20/h7,13H,3-6,8H2,1-2H3. The number of sulfonamides is 1. The third-order valence-electron chi connectivity index (χ3n) is 3.25. The number of ether oxygens (including phenoxy) is 1. The summed E-state index contributed by atoms with van der Waals surface area (Å²) >= 11 is 0. The van der Waals surface area contributed by atoms with E-state index in [9.17, 15) is 18.0 Å². The van der Waals surface area contributed by atoms with Gasteiger partial charge in [0.2, 0.25) is 15.9 Å². The number of aromatic nitrogens is 2. The highest BCUT2D eigenvalue weighted by Gasteiger charge is 2.24. The van der Waals surface area contributed by atoms with Gasteiger partial charge in [-0.25, -0.2) is 17.9 Å². The molecule has 0 bridgehead atoms. The van der Waals surface area contributed by atoms with Crippen LogP contribution in [0.1, 0.15) is 22.6 Å². The van der Waals surface area contributed by atoms with Crippen molar-refractivity contribution in [1.82, 2.24) is 19.4 Å². The quantitative estimate of drug-likeness (QED) is 0.690. The monoisotopic (exact) mass is 330 g/mol. The zero-order chi connectivity index (χ0) is 16.3. The van der Waals surface area contributed by atoms with Crippen LogP contribution in [0.2, 0.25) is 0 Å². The van der Waals surface area contributed by atoms with Crippen LogP contribution in [0.4, 0.5) is 0 Å². The van der Waals surface area contributed by atoms with Crippen LogP contribution in [-0.2, 0) is 32.6 Å². The number of nitrogens with one attached hydrogen (secondary N) is 1. The summed E-state index contributed by atoms with van der Waals surface area (Å²) in [5, 5.41) is 4.12. The van der Waals surface area contributed by atoms with E-state index in [-0.39, 0.29) is 24.6 Å². The van der Waals surface area contributed by atoms with Crippen molar-refractivity contribution in [1.29, 1.82) is 0 Å². The summed E-state index contributed by atoms with van der Waals surface area (Å²) < 4.78 is 30.5. The van der Waals surface area contributed by atoms with Gasteiger partial charge in [0.25, 0.3) is 0 Å². The van der Waals surface area contributed by atoms with Crippen molar-refractivity contribution < 1.29 is 22.7 Å². The van der Waals surface area contributed by atoms with Gasteiger partial charge in [-0.3, -0.25) is 9.48 Å². The highest BCUT2D eigenvalue weighted by atomic mass is 32.2. The molecule has 1 aliphatic heterocycles. The molecule has 0 saturated carbocycles. The molecule has 1 N–H and O–H groups in total. The minimum absolute atomic E-state index is 0.0703. The zero-order valence-corrected chi connectivity index (χ0v) is 13.2. The van der Waals surface area contributed by atoms with Gasteiger partial charge in [0.1, 0.15) is 0 Å². The topological polar surface area (TPSA) is 111 Å². The number of hydrogen-bond acceptors (Lipinski definition) is 6. The fourth-order valence-corrected chi connectivity index (χ4v) is 2.66. The molecule has 0 aromatic carbocycles. The van der Waals surface area contributed by atoms with Gasteiger partial charge in [0.15, 0.2) is 5.69 Å². The Morgan fingerprint density at radius 1 is 1.41 bits per heavy atom. The molecule has 0 aliphatic carbocycles. The van der Waals surface area contributed by atoms with Crippen LogP contribution in [0, 0.1) is 0 Å². The van der Waals surface area contributed by atoms with Crippen LogP contribution in [0.5, 0.6) is 0 Å². The maximum atomic E-state index is 12.1. The van der Waals surface area contributed by atoms with Gasteiger partial charge >= 0.3 is 5.97 Å². The second-order valence-corrected chi connectivity index (χ2v) is 6.80. The molecule has 0 radical (unpaired) electrons. The molecular formula is C12H18N4O5S. The second-order valence-electron chi connectivity index (χ2n) is 4.97. The molecule has 0 saturated heterocycles. The highest BCUT2D eigenvalue weighted by molar-refractivity contribution is 7.88. The first-order valence-electron chi connectivity index (χ1n) is 6.67. The van der Waals surface area contributed by atoms with Crippen molar-refractivity contribution in [2.24, 2.45) is 0 Å². The molecule has 10 heteroatoms. The largest absolute Gasteiger partial charge is 0.464 e. The third kappa shape index (κ3) is 4.04. The Labute approximate surface area is 128 Å². The Morgan fingerprint density at radius 2 is 2.14 bits per heavy atom. The number of nitrogens with zero attached hydrogens (tertiary/aromatic N) is 3. The van der Waals surface area contributed by atoms with Crippen molar-refractivity contribution in [3.8, 4) is 0 Å². The third-order valence-corrected chi connectivity index (χ3v) is 3.98. The second kappa shape index (κ2) is 6.44. The molecule has 1 aromatic heterocycles. The van der Waals surface area contributed by atoms with Gasteiger partial charge in [0.05, 0.1) is 32.1 Å². The summed E-state index contributed by atoms with van der Waals surface area (Å²) in [6.07, 6.45) is 1.14. The van der Waals surface area contributed by atoms with Crippen LogP contribution < -0.4 is 4.72 Å². The van der Waals surface area contributed by atoms with Gasteiger partial charge in [-0.2, -0.15) is 5.10 Å². The smallest absolute Gasteiger partial charge is 0.358 e. The lowest BCUT2D eigenvalue weighted by molar-refractivity contribution is -0.132. The summed E-state index contributed by atoms with van der Waals surface area (Å²) in [7, 11) is -2.01. The number of rotatable bonds is 5. The van der Waals surface area contributed by atoms with Crippen molar-refractivity contribution in [2.75, 3.05) is 26.5 Å². The van der Waals surface area contributed by atoms with E-state index in [0.29, 0.717) is 19.6 Å². The number of carbonyl (C=O) groups is 2. The number of fused-ring (bicyclic) bond motifs is 1. The van der Waals surface area contributed by atoms with Gasteiger partial charge < -0.3 is 9.64 Å². The fraction of sp³-hybridized carbons (Fsp3) is 0.583. The van der Waals surface area contributed by atoms with Crippen molar-refractivity contribution in [2.45, 2.75) is 19.5 Å². The molecule has 1 aliphatic rings. The first-order valence-corrected chi connectivity index (χ1v) is 8.57. The van der Waals surface area contributed by atoms with E-state index in [1.165, 1.54) is 7.11 Å². The zero-order valence-electron chi connectivity index (χ0n) is 12.4. The van der Waals surface area contributed by atoms with Gasteiger partial charge in [-0.05, 0) is 6.07 Å². The number of esters is 1. The Hall–Kier alpha value is -1.94. The molecule has 0 fully saturated rings. The van der Waals surface area contributed by atoms with Crippen LogP contribution in [0.25, 0.3) is 0 Å². The molecule has 1 amide bonds. The van der Waals surface area contributed by atoms with E-state index < -0.39 is 16.0 Å². The van der Waals surface area contributed by atoms with Gasteiger partial charge in [0, 0.05) is 19.5 Å². The minimum Gasteiger partial charge on any atom is -0.464 e. The predicted octanol–water partition coefficient (Wildman–Crippen LogP) is -1.05. The van der Waals surface area contributed by atoms with E-state index >= 15 is 0 Å². The number of carbonyl (C=O) groups excluding carboxylic acids is 2. The Bertz CT molecular complexity index is 682. The van der Waals surface area contributed by atoms with E-state index in [0.717, 1.165) is 11.9 Å². The average Bonchev–Trinajstić information content (AvgIpc) is 2.87. The van der Waals surface area contributed by atoms with Gasteiger partial charge in [-0.15, -0.1) is 0 Å². The Balaban J connectivity index is 1.95. The number of methoxy groups -OCH3 is 1. The number of amides is 1. The molecule has 0 unspecified atom stereocenters. The molecule has 0 atom stereocenters. The maximum Gasteiger partial charge on any atom is 0.358 e. The highest BCUT2D eigenvalue weighted by Crippen LogP contribution is 2.15. The van der Waals surface area contributed by atoms with E-state index in [1.807, 2.05) is 0 Å². The van der Waals surface area contributed by atoms with Gasteiger partial charge in [-0.1, -0.05) is 0 Å². The lowest BCUT2D eigenvalue weighted by Gasteiger charge is -2.27. The SMILES string of the molecule is COC(=O)c1cc2n(n1)CCN(C(=O)CCNS(C)(=O)=O)C2. The molecule has 1 aromatic rings. The minimum atomic E-state index is -3.29. The van der Waals surface area contributed by atoms with E-state index in [2.05, 4.69) is 14.6 Å². The summed E-state index contributed by atoms with van der Waals surface area (Å²) in [5.41, 5.74) is 0.960. The summed E-state index contributed by atoms with van der Waals surface area (Å²) in [4.78, 5) is 25.1. The molecule has 2 heterocycles. The molecule has 22 heavy (non-hydrogen) atoms. The van der Waals surface area contributed by atoms with Crippen LogP contribution in [-0.4, -0.2) is 61.4 Å². The van der Waals surface area contributed by atoms with E-state index in [4.69, 9.17) is 0 Å².